The molecule has 0 unspecified atom stereocenters. The van der Waals surface area contributed by atoms with Crippen LogP contribution in [0.5, 0.6) is 11.5 Å². The Labute approximate surface area is 200 Å². The van der Waals surface area contributed by atoms with Crippen molar-refractivity contribution in [3.05, 3.63) is 96.6 Å². The molecule has 0 atom stereocenters. The van der Waals surface area contributed by atoms with Crippen molar-refractivity contribution in [3.63, 3.8) is 0 Å². The number of carbonyl (C=O) groups is 1. The van der Waals surface area contributed by atoms with Crippen LogP contribution in [-0.2, 0) is 0 Å². The highest BCUT2D eigenvalue weighted by atomic mass is 19.4. The molecule has 0 aliphatic heterocycles. The highest BCUT2D eigenvalue weighted by molar-refractivity contribution is 6.13. The number of halogens is 6. The average molecular weight is 504 g/mol. The van der Waals surface area contributed by atoms with E-state index in [-0.39, 0.29) is 11.4 Å². The summed E-state index contributed by atoms with van der Waals surface area (Å²) in [7, 11) is 0. The zero-order valence-corrected chi connectivity index (χ0v) is 18.0. The Morgan fingerprint density at radius 2 is 0.944 bits per heavy atom. The number of hydrogen-bond donors (Lipinski definition) is 0. The summed E-state index contributed by atoms with van der Waals surface area (Å²) >= 11 is 0. The molecule has 0 N–H and O–H groups in total. The van der Waals surface area contributed by atoms with Crippen molar-refractivity contribution in [3.8, 4) is 33.8 Å². The summed E-state index contributed by atoms with van der Waals surface area (Å²) in [6.45, 7) is 0. The molecule has 0 saturated carbocycles. The number of alkyl halides is 6. The molecule has 0 saturated heterocycles. The summed E-state index contributed by atoms with van der Waals surface area (Å²) in [6, 6.07) is 16.1. The number of ketones is 1. The molecule has 0 bridgehead atoms. The number of rotatable bonds is 6. The number of hydrogen-bond acceptors (Lipinski definition) is 5. The average Bonchev–Trinajstić information content (AvgIpc) is 2.83. The minimum atomic E-state index is -4.84. The van der Waals surface area contributed by atoms with Crippen molar-refractivity contribution >= 4 is 5.78 Å². The Morgan fingerprint density at radius 1 is 0.583 bits per heavy atom. The summed E-state index contributed by atoms with van der Waals surface area (Å²) in [5.74, 6) is -1.44. The fourth-order valence-corrected chi connectivity index (χ4v) is 3.42. The van der Waals surface area contributed by atoms with Crippen LogP contribution in [0.2, 0.25) is 0 Å². The molecule has 2 heterocycles. The molecular formula is C25H14F6N2O3. The summed E-state index contributed by atoms with van der Waals surface area (Å²) in [5, 5.41) is 0. The number of pyridine rings is 2. The van der Waals surface area contributed by atoms with Gasteiger partial charge in [-0.2, -0.15) is 0 Å². The molecule has 0 aliphatic rings. The van der Waals surface area contributed by atoms with E-state index in [9.17, 15) is 31.1 Å². The fraction of sp³-hybridized carbons (Fsp3) is 0.0800. The van der Waals surface area contributed by atoms with Crippen molar-refractivity contribution in [2.45, 2.75) is 12.7 Å². The quantitative estimate of drug-likeness (QED) is 0.213. The maximum atomic E-state index is 13.5. The number of aromatic nitrogens is 2. The molecule has 4 aromatic rings. The van der Waals surface area contributed by atoms with Crippen LogP contribution in [0.4, 0.5) is 26.3 Å². The molecular weight excluding hydrogens is 490 g/mol. The first-order chi connectivity index (χ1) is 17.0. The van der Waals surface area contributed by atoms with Crippen molar-refractivity contribution in [2.75, 3.05) is 0 Å². The van der Waals surface area contributed by atoms with Crippen molar-refractivity contribution in [1.82, 2.24) is 9.97 Å². The van der Waals surface area contributed by atoms with Gasteiger partial charge in [-0.15, -0.1) is 26.3 Å². The number of benzene rings is 2. The molecule has 4 rings (SSSR count). The normalized spacial score (nSPS) is 11.7. The van der Waals surface area contributed by atoms with Gasteiger partial charge in [0.05, 0.1) is 0 Å². The Bertz CT molecular complexity index is 1260. The molecule has 0 amide bonds. The Balaban J connectivity index is 1.67. The minimum Gasteiger partial charge on any atom is -0.406 e. The van der Waals surface area contributed by atoms with E-state index >= 15 is 0 Å². The lowest BCUT2D eigenvalue weighted by atomic mass is 9.96. The fourth-order valence-electron chi connectivity index (χ4n) is 3.42. The van der Waals surface area contributed by atoms with Crippen molar-refractivity contribution in [2.24, 2.45) is 0 Å². The van der Waals surface area contributed by atoms with Gasteiger partial charge in [0.25, 0.3) is 0 Å². The Hall–Kier alpha value is -4.41. The SMILES string of the molecule is O=C(c1ncccc1-c1ccc(OC(F)(F)F)cc1)c1ncccc1-c1ccc(OC(F)(F)F)cc1. The maximum absolute atomic E-state index is 13.5. The van der Waals surface area contributed by atoms with Gasteiger partial charge >= 0.3 is 12.7 Å². The largest absolute Gasteiger partial charge is 0.573 e. The second kappa shape index (κ2) is 9.68. The summed E-state index contributed by atoms with van der Waals surface area (Å²) in [6.07, 6.45) is -6.93. The Morgan fingerprint density at radius 3 is 1.28 bits per heavy atom. The predicted octanol–water partition coefficient (Wildman–Crippen LogP) is 6.84. The van der Waals surface area contributed by atoms with E-state index in [0.717, 1.165) is 24.3 Å². The zero-order valence-electron chi connectivity index (χ0n) is 18.0. The lowest BCUT2D eigenvalue weighted by molar-refractivity contribution is -0.275. The van der Waals surface area contributed by atoms with E-state index < -0.39 is 30.0 Å². The van der Waals surface area contributed by atoms with E-state index in [2.05, 4.69) is 19.4 Å². The first-order valence-corrected chi connectivity index (χ1v) is 10.2. The molecule has 11 heteroatoms. The van der Waals surface area contributed by atoms with Crippen LogP contribution < -0.4 is 9.47 Å². The first-order valence-electron chi connectivity index (χ1n) is 10.2. The summed E-state index contributed by atoms with van der Waals surface area (Å²) in [4.78, 5) is 21.8. The van der Waals surface area contributed by atoms with E-state index in [0.29, 0.717) is 22.3 Å². The predicted molar refractivity (Wildman–Crippen MR) is 116 cm³/mol. The Kier molecular flexibility index (Phi) is 6.65. The monoisotopic (exact) mass is 504 g/mol. The van der Waals surface area contributed by atoms with E-state index in [1.54, 1.807) is 24.3 Å². The minimum absolute atomic E-state index is 0.0148. The van der Waals surface area contributed by atoms with E-state index in [4.69, 9.17) is 0 Å². The van der Waals surface area contributed by atoms with Crippen LogP contribution in [0.25, 0.3) is 22.3 Å². The summed E-state index contributed by atoms with van der Waals surface area (Å²) in [5.41, 5.74) is 1.47. The highest BCUT2D eigenvalue weighted by Crippen LogP contribution is 2.32. The third-order valence-electron chi connectivity index (χ3n) is 4.84. The molecule has 0 spiro atoms. The van der Waals surface area contributed by atoms with Crippen LogP contribution in [0.1, 0.15) is 16.2 Å². The third kappa shape index (κ3) is 5.98. The standard InChI is InChI=1S/C25H14F6N2O3/c26-24(27,28)35-17-9-5-15(6-10-17)19-3-1-13-32-21(19)23(34)22-20(4-2-14-33-22)16-7-11-18(12-8-16)36-25(29,30)31/h1-14H. The highest BCUT2D eigenvalue weighted by Gasteiger charge is 2.32. The van der Waals surface area contributed by atoms with Gasteiger partial charge in [0.2, 0.25) is 5.78 Å². The zero-order chi connectivity index (χ0) is 25.9. The van der Waals surface area contributed by atoms with Crippen LogP contribution in [0.3, 0.4) is 0 Å². The first kappa shape index (κ1) is 24.7. The van der Waals surface area contributed by atoms with Crippen LogP contribution in [0.15, 0.2) is 85.2 Å². The topological polar surface area (TPSA) is 61.3 Å². The summed E-state index contributed by atoms with van der Waals surface area (Å²) < 4.78 is 82.5. The van der Waals surface area contributed by atoms with Crippen molar-refractivity contribution in [1.29, 1.82) is 0 Å². The van der Waals surface area contributed by atoms with Gasteiger partial charge in [0.15, 0.2) is 0 Å². The smallest absolute Gasteiger partial charge is 0.406 e. The van der Waals surface area contributed by atoms with E-state index in [1.165, 1.54) is 36.7 Å². The molecule has 0 fully saturated rings. The number of ether oxygens (including phenoxy) is 2. The van der Waals surface area contributed by atoms with Crippen LogP contribution >= 0.6 is 0 Å². The second-order valence-corrected chi connectivity index (χ2v) is 7.27. The lowest BCUT2D eigenvalue weighted by Gasteiger charge is -2.13. The van der Waals surface area contributed by atoms with Gasteiger partial charge in [-0.25, -0.2) is 0 Å². The second-order valence-electron chi connectivity index (χ2n) is 7.27. The molecule has 36 heavy (non-hydrogen) atoms. The maximum Gasteiger partial charge on any atom is 0.573 e. The van der Waals surface area contributed by atoms with E-state index in [1.807, 2.05) is 0 Å². The van der Waals surface area contributed by atoms with Crippen LogP contribution in [-0.4, -0.2) is 28.5 Å². The van der Waals surface area contributed by atoms with Gasteiger partial charge in [0, 0.05) is 23.5 Å². The van der Waals surface area contributed by atoms with Gasteiger partial charge in [0.1, 0.15) is 22.9 Å². The molecule has 184 valence electrons. The van der Waals surface area contributed by atoms with Crippen molar-refractivity contribution < 1.29 is 40.6 Å². The van der Waals surface area contributed by atoms with Gasteiger partial charge in [-0.05, 0) is 47.5 Å². The molecule has 0 aliphatic carbocycles. The molecule has 5 nitrogen and oxygen atoms in total. The van der Waals surface area contributed by atoms with Gasteiger partial charge < -0.3 is 9.47 Å². The third-order valence-corrected chi connectivity index (χ3v) is 4.84. The van der Waals surface area contributed by atoms with Gasteiger partial charge in [-0.3, -0.25) is 14.8 Å². The molecule has 2 aromatic carbocycles. The van der Waals surface area contributed by atoms with Crippen LogP contribution in [0, 0.1) is 0 Å². The van der Waals surface area contributed by atoms with Gasteiger partial charge in [-0.1, -0.05) is 36.4 Å². The molecule has 2 aromatic heterocycles. The number of nitrogens with zero attached hydrogens (tertiary/aromatic N) is 2. The molecule has 0 radical (unpaired) electrons. The lowest BCUT2D eigenvalue weighted by Crippen LogP contribution is -2.17. The number of carbonyl (C=O) groups excluding carboxylic acids is 1.